The van der Waals surface area contributed by atoms with Crippen molar-refractivity contribution in [3.63, 3.8) is 0 Å². The molecule has 5 heteroatoms. The summed E-state index contributed by atoms with van der Waals surface area (Å²) in [7, 11) is 0. The normalized spacial score (nSPS) is 16.3. The summed E-state index contributed by atoms with van der Waals surface area (Å²) in [5.41, 5.74) is 8.14. The van der Waals surface area contributed by atoms with Gasteiger partial charge in [-0.05, 0) is 91.3 Å². The number of aromatic amines is 1. The maximum Gasteiger partial charge on any atom is 0.251 e. The molecular formula is C24H25N3OS. The predicted molar refractivity (Wildman–Crippen MR) is 120 cm³/mol. The summed E-state index contributed by atoms with van der Waals surface area (Å²) in [6.45, 7) is 0.724. The third-order valence-corrected chi connectivity index (χ3v) is 6.91. The fourth-order valence-electron chi connectivity index (χ4n) is 4.36. The molecule has 0 saturated heterocycles. The molecule has 0 unspecified atom stereocenters. The van der Waals surface area contributed by atoms with E-state index in [1.807, 2.05) is 6.07 Å². The molecule has 4 nitrogen and oxygen atoms in total. The molecule has 3 aromatic rings. The van der Waals surface area contributed by atoms with Crippen LogP contribution < -0.4 is 5.32 Å². The Morgan fingerprint density at radius 1 is 1.17 bits per heavy atom. The van der Waals surface area contributed by atoms with Gasteiger partial charge in [-0.2, -0.15) is 5.10 Å². The zero-order valence-electron chi connectivity index (χ0n) is 16.5. The summed E-state index contributed by atoms with van der Waals surface area (Å²) in [4.78, 5) is 12.6. The predicted octanol–water partition coefficient (Wildman–Crippen LogP) is 5.73. The molecule has 29 heavy (non-hydrogen) atoms. The number of nitrogens with zero attached hydrogens (tertiary/aromatic N) is 1. The Hall–Kier alpha value is -2.66. The van der Waals surface area contributed by atoms with Crippen LogP contribution in [0.5, 0.6) is 0 Å². The molecule has 0 bridgehead atoms. The number of benzene rings is 1. The average Bonchev–Trinajstić information content (AvgIpc) is 3.38. The SMILES string of the molecule is O=C(NCCC1=CCCCC1)c1ccc2c(c1)CCC(c1n[nH]c3ccsc13)=C2. The van der Waals surface area contributed by atoms with E-state index in [-0.39, 0.29) is 5.91 Å². The number of hydrogen-bond acceptors (Lipinski definition) is 3. The van der Waals surface area contributed by atoms with Gasteiger partial charge in [-0.3, -0.25) is 9.89 Å². The highest BCUT2D eigenvalue weighted by atomic mass is 32.1. The summed E-state index contributed by atoms with van der Waals surface area (Å²) in [6, 6.07) is 8.15. The Morgan fingerprint density at radius 3 is 3.03 bits per heavy atom. The highest BCUT2D eigenvalue weighted by Crippen LogP contribution is 2.35. The number of rotatable bonds is 5. The molecule has 0 atom stereocenters. The number of hydrogen-bond donors (Lipinski definition) is 2. The fourth-order valence-corrected chi connectivity index (χ4v) is 5.23. The number of allylic oxidation sites excluding steroid dienone is 2. The first-order valence-electron chi connectivity index (χ1n) is 10.5. The number of fused-ring (bicyclic) bond motifs is 2. The highest BCUT2D eigenvalue weighted by Gasteiger charge is 2.18. The Bertz CT molecular complexity index is 1120. The number of thiophene rings is 1. The van der Waals surface area contributed by atoms with Gasteiger partial charge in [0.2, 0.25) is 0 Å². The zero-order chi connectivity index (χ0) is 19.6. The third-order valence-electron chi connectivity index (χ3n) is 5.99. The Labute approximate surface area is 174 Å². The minimum atomic E-state index is 0.0339. The van der Waals surface area contributed by atoms with Gasteiger partial charge in [-0.25, -0.2) is 0 Å². The molecule has 0 spiro atoms. The van der Waals surface area contributed by atoms with Gasteiger partial charge in [-0.15, -0.1) is 11.3 Å². The van der Waals surface area contributed by atoms with Gasteiger partial charge in [-0.1, -0.05) is 17.7 Å². The van der Waals surface area contributed by atoms with Crippen molar-refractivity contribution in [2.75, 3.05) is 6.54 Å². The molecule has 2 heterocycles. The van der Waals surface area contributed by atoms with Crippen LogP contribution in [0.3, 0.4) is 0 Å². The lowest BCUT2D eigenvalue weighted by Gasteiger charge is -2.17. The van der Waals surface area contributed by atoms with Crippen molar-refractivity contribution >= 4 is 39.1 Å². The van der Waals surface area contributed by atoms with Crippen molar-refractivity contribution in [1.82, 2.24) is 15.5 Å². The largest absolute Gasteiger partial charge is 0.352 e. The summed E-state index contributed by atoms with van der Waals surface area (Å²) in [6.07, 6.45) is 12.4. The maximum atomic E-state index is 12.6. The van der Waals surface area contributed by atoms with Crippen LogP contribution in [0, 0.1) is 0 Å². The second-order valence-corrected chi connectivity index (χ2v) is 8.85. The van der Waals surface area contributed by atoms with E-state index in [1.165, 1.54) is 52.7 Å². The Balaban J connectivity index is 1.28. The van der Waals surface area contributed by atoms with Crippen LogP contribution in [0.4, 0.5) is 0 Å². The number of carbonyl (C=O) groups excluding carboxylic acids is 1. The highest BCUT2D eigenvalue weighted by molar-refractivity contribution is 7.17. The molecule has 2 N–H and O–H groups in total. The molecule has 1 aromatic carbocycles. The molecule has 2 aliphatic rings. The van der Waals surface area contributed by atoms with Crippen LogP contribution in [0.15, 0.2) is 41.3 Å². The Morgan fingerprint density at radius 2 is 2.14 bits per heavy atom. The molecule has 0 aliphatic heterocycles. The van der Waals surface area contributed by atoms with E-state index in [9.17, 15) is 4.79 Å². The molecule has 0 saturated carbocycles. The second-order valence-electron chi connectivity index (χ2n) is 7.93. The lowest BCUT2D eigenvalue weighted by molar-refractivity contribution is 0.0954. The molecule has 2 aromatic heterocycles. The van der Waals surface area contributed by atoms with Crippen molar-refractivity contribution in [2.24, 2.45) is 0 Å². The smallest absolute Gasteiger partial charge is 0.251 e. The van der Waals surface area contributed by atoms with Crippen LogP contribution in [0.1, 0.15) is 65.7 Å². The number of nitrogens with one attached hydrogen (secondary N) is 2. The lowest BCUT2D eigenvalue weighted by Crippen LogP contribution is -2.25. The van der Waals surface area contributed by atoms with Crippen LogP contribution >= 0.6 is 11.3 Å². The minimum absolute atomic E-state index is 0.0339. The standard InChI is InChI=1S/C24H25N3OS/c28-24(25-12-10-16-4-2-1-3-5-16)20-9-7-17-14-19(8-6-18(17)15-20)22-23-21(26-27-22)11-13-29-23/h4,7,9,11,13-15H,1-3,5-6,8,10,12H2,(H,25,28)(H,26,27). The first-order valence-corrected chi connectivity index (χ1v) is 11.4. The topological polar surface area (TPSA) is 57.8 Å². The third kappa shape index (κ3) is 3.79. The molecular weight excluding hydrogens is 378 g/mol. The number of aryl methyl sites for hydroxylation is 1. The van der Waals surface area contributed by atoms with Gasteiger partial charge in [0.1, 0.15) is 5.69 Å². The number of carbonyl (C=O) groups is 1. The van der Waals surface area contributed by atoms with E-state index in [2.05, 4.69) is 51.2 Å². The fraction of sp³-hybridized carbons (Fsp3) is 0.333. The van der Waals surface area contributed by atoms with Crippen molar-refractivity contribution in [3.8, 4) is 0 Å². The van der Waals surface area contributed by atoms with E-state index < -0.39 is 0 Å². The first kappa shape index (κ1) is 18.4. The quantitative estimate of drug-likeness (QED) is 0.534. The van der Waals surface area contributed by atoms with Gasteiger partial charge in [0.25, 0.3) is 5.91 Å². The van der Waals surface area contributed by atoms with Crippen molar-refractivity contribution < 1.29 is 4.79 Å². The van der Waals surface area contributed by atoms with Crippen LogP contribution in [0.2, 0.25) is 0 Å². The number of amides is 1. The van der Waals surface area contributed by atoms with E-state index in [0.29, 0.717) is 0 Å². The molecule has 5 rings (SSSR count). The van der Waals surface area contributed by atoms with Gasteiger partial charge >= 0.3 is 0 Å². The summed E-state index contributed by atoms with van der Waals surface area (Å²) in [5, 5.41) is 12.8. The number of aromatic nitrogens is 2. The molecule has 0 radical (unpaired) electrons. The molecule has 2 aliphatic carbocycles. The average molecular weight is 404 g/mol. The Kier molecular flexibility index (Phi) is 5.06. The second kappa shape index (κ2) is 7.99. The summed E-state index contributed by atoms with van der Waals surface area (Å²) < 4.78 is 1.23. The van der Waals surface area contributed by atoms with E-state index in [0.717, 1.165) is 42.6 Å². The van der Waals surface area contributed by atoms with Crippen molar-refractivity contribution in [3.05, 3.63) is 63.7 Å². The number of H-pyrrole nitrogens is 1. The zero-order valence-corrected chi connectivity index (χ0v) is 17.3. The van der Waals surface area contributed by atoms with Crippen molar-refractivity contribution in [1.29, 1.82) is 0 Å². The van der Waals surface area contributed by atoms with E-state index in [1.54, 1.807) is 11.3 Å². The molecule has 1 amide bonds. The van der Waals surface area contributed by atoms with E-state index >= 15 is 0 Å². The van der Waals surface area contributed by atoms with Gasteiger partial charge in [0.05, 0.1) is 10.2 Å². The summed E-state index contributed by atoms with van der Waals surface area (Å²) >= 11 is 1.73. The molecule has 148 valence electrons. The summed E-state index contributed by atoms with van der Waals surface area (Å²) in [5.74, 6) is 0.0339. The van der Waals surface area contributed by atoms with Crippen LogP contribution in [-0.4, -0.2) is 22.6 Å². The molecule has 0 fully saturated rings. The first-order chi connectivity index (χ1) is 14.3. The van der Waals surface area contributed by atoms with E-state index in [4.69, 9.17) is 0 Å². The van der Waals surface area contributed by atoms with Gasteiger partial charge in [0.15, 0.2) is 0 Å². The van der Waals surface area contributed by atoms with Crippen LogP contribution in [-0.2, 0) is 6.42 Å². The minimum Gasteiger partial charge on any atom is -0.352 e. The monoisotopic (exact) mass is 403 g/mol. The van der Waals surface area contributed by atoms with Crippen LogP contribution in [0.25, 0.3) is 21.9 Å². The lowest BCUT2D eigenvalue weighted by atomic mass is 9.89. The van der Waals surface area contributed by atoms with Crippen molar-refractivity contribution in [2.45, 2.75) is 44.9 Å². The van der Waals surface area contributed by atoms with Gasteiger partial charge in [0, 0.05) is 12.1 Å². The maximum absolute atomic E-state index is 12.6. The van der Waals surface area contributed by atoms with Gasteiger partial charge < -0.3 is 5.32 Å².